The van der Waals surface area contributed by atoms with Crippen LogP contribution in [0.5, 0.6) is 5.75 Å². The van der Waals surface area contributed by atoms with Crippen LogP contribution in [0.3, 0.4) is 0 Å². The molecule has 6 nitrogen and oxygen atoms in total. The lowest BCUT2D eigenvalue weighted by Crippen LogP contribution is -2.18. The molecule has 8 heteroatoms. The number of hydrogen-bond donors (Lipinski definition) is 2. The van der Waals surface area contributed by atoms with Gasteiger partial charge < -0.3 is 19.8 Å². The summed E-state index contributed by atoms with van der Waals surface area (Å²) >= 11 is 2.18. The van der Waals surface area contributed by atoms with Crippen LogP contribution in [0.15, 0.2) is 59.0 Å². The van der Waals surface area contributed by atoms with Gasteiger partial charge in [-0.3, -0.25) is 4.79 Å². The van der Waals surface area contributed by atoms with Gasteiger partial charge in [-0.25, -0.2) is 4.39 Å². The summed E-state index contributed by atoms with van der Waals surface area (Å²) in [6.07, 6.45) is 0.752. The molecule has 0 aliphatic heterocycles. The number of anilines is 1. The van der Waals surface area contributed by atoms with Gasteiger partial charge in [-0.15, -0.1) is 0 Å². The van der Waals surface area contributed by atoms with E-state index in [2.05, 4.69) is 38.2 Å². The number of hydrogen-bond acceptors (Lipinski definition) is 5. The molecular formula is C24H21FIN3O3. The Labute approximate surface area is 198 Å². The highest BCUT2D eigenvalue weighted by atomic mass is 127. The Bertz CT molecular complexity index is 1270. The van der Waals surface area contributed by atoms with Gasteiger partial charge in [0, 0.05) is 19.2 Å². The minimum atomic E-state index is -0.361. The van der Waals surface area contributed by atoms with Crippen molar-refractivity contribution in [2.24, 2.45) is 0 Å². The van der Waals surface area contributed by atoms with Crippen molar-refractivity contribution in [1.29, 1.82) is 0 Å². The zero-order valence-corrected chi connectivity index (χ0v) is 19.7. The number of ether oxygens (including phenoxy) is 1. The highest BCUT2D eigenvalue weighted by Crippen LogP contribution is 2.35. The predicted molar refractivity (Wildman–Crippen MR) is 131 cm³/mol. The topological polar surface area (TPSA) is 76.4 Å². The number of halogens is 2. The zero-order chi connectivity index (χ0) is 22.7. The molecular weight excluding hydrogens is 524 g/mol. The summed E-state index contributed by atoms with van der Waals surface area (Å²) < 4.78 is 25.6. The lowest BCUT2D eigenvalue weighted by Gasteiger charge is -2.10. The molecule has 4 aromatic rings. The van der Waals surface area contributed by atoms with Crippen molar-refractivity contribution in [3.63, 3.8) is 0 Å². The molecule has 0 aliphatic rings. The van der Waals surface area contributed by atoms with Gasteiger partial charge in [-0.1, -0.05) is 18.2 Å². The molecule has 1 amide bonds. The second-order valence-electron chi connectivity index (χ2n) is 7.05. The minimum absolute atomic E-state index is 0.294. The summed E-state index contributed by atoms with van der Waals surface area (Å²) in [5.41, 5.74) is 2.41. The maximum Gasteiger partial charge on any atom is 0.255 e. The first-order valence-corrected chi connectivity index (χ1v) is 11.1. The van der Waals surface area contributed by atoms with Gasteiger partial charge in [0.05, 0.1) is 21.6 Å². The van der Waals surface area contributed by atoms with Crippen LogP contribution in [0.2, 0.25) is 0 Å². The summed E-state index contributed by atoms with van der Waals surface area (Å²) in [7, 11) is 3.21. The Morgan fingerprint density at radius 3 is 2.66 bits per heavy atom. The normalized spacial score (nSPS) is 10.9. The van der Waals surface area contributed by atoms with Crippen LogP contribution in [-0.2, 0) is 6.42 Å². The fourth-order valence-corrected chi connectivity index (χ4v) is 4.13. The minimum Gasteiger partial charge on any atom is -0.496 e. The fraction of sp³-hybridized carbons (Fsp3) is 0.167. The summed E-state index contributed by atoms with van der Waals surface area (Å²) in [5, 5.41) is 6.59. The molecule has 0 saturated carbocycles. The van der Waals surface area contributed by atoms with Gasteiger partial charge in [-0.05, 0) is 71.0 Å². The lowest BCUT2D eigenvalue weighted by molar-refractivity contribution is 0.0964. The number of carbonyl (C=O) groups excluding carboxylic acids is 1. The van der Waals surface area contributed by atoms with Gasteiger partial charge in [0.2, 0.25) is 5.71 Å². The Morgan fingerprint density at radius 2 is 1.94 bits per heavy atom. The van der Waals surface area contributed by atoms with E-state index in [0.29, 0.717) is 40.3 Å². The van der Waals surface area contributed by atoms with E-state index in [1.54, 1.807) is 26.3 Å². The molecule has 2 heterocycles. The van der Waals surface area contributed by atoms with Crippen molar-refractivity contribution in [3.8, 4) is 17.1 Å². The highest BCUT2D eigenvalue weighted by molar-refractivity contribution is 14.1. The molecule has 0 fully saturated rings. The zero-order valence-electron chi connectivity index (χ0n) is 17.5. The number of nitrogens with zero attached hydrogens (tertiary/aromatic N) is 1. The second kappa shape index (κ2) is 9.56. The number of nitrogens with one attached hydrogen (secondary N) is 2. The molecule has 0 radical (unpaired) electrons. The number of para-hydroxylation sites is 1. The average Bonchev–Trinajstić information content (AvgIpc) is 3.17. The van der Waals surface area contributed by atoms with Crippen LogP contribution in [0.4, 0.5) is 10.2 Å². The third-order valence-corrected chi connectivity index (χ3v) is 5.90. The van der Waals surface area contributed by atoms with Crippen molar-refractivity contribution < 1.29 is 18.3 Å². The third kappa shape index (κ3) is 4.40. The predicted octanol–water partition coefficient (Wildman–Crippen LogP) is 5.26. The highest BCUT2D eigenvalue weighted by Gasteiger charge is 2.23. The van der Waals surface area contributed by atoms with Crippen molar-refractivity contribution >= 4 is 45.4 Å². The van der Waals surface area contributed by atoms with E-state index < -0.39 is 0 Å². The van der Waals surface area contributed by atoms with Crippen LogP contribution >= 0.6 is 22.6 Å². The number of pyridine rings is 1. The number of rotatable bonds is 7. The Morgan fingerprint density at radius 1 is 1.19 bits per heavy atom. The van der Waals surface area contributed by atoms with E-state index in [-0.39, 0.29) is 11.7 Å². The molecule has 4 rings (SSSR count). The number of fused-ring (bicyclic) bond motifs is 1. The van der Waals surface area contributed by atoms with Crippen LogP contribution < -0.4 is 15.4 Å². The fourth-order valence-electron chi connectivity index (χ4n) is 3.50. The summed E-state index contributed by atoms with van der Waals surface area (Å²) in [5.74, 6) is 1.21. The first kappa shape index (κ1) is 22.1. The van der Waals surface area contributed by atoms with Crippen LogP contribution in [0.25, 0.3) is 22.4 Å². The van der Waals surface area contributed by atoms with Crippen molar-refractivity contribution in [3.05, 3.63) is 75.1 Å². The van der Waals surface area contributed by atoms with Gasteiger partial charge in [-0.2, -0.15) is 4.98 Å². The van der Waals surface area contributed by atoms with E-state index in [1.807, 2.05) is 30.3 Å². The Kier molecular flexibility index (Phi) is 6.59. The lowest BCUT2D eigenvalue weighted by atomic mass is 10.1. The van der Waals surface area contributed by atoms with E-state index in [9.17, 15) is 9.18 Å². The van der Waals surface area contributed by atoms with Gasteiger partial charge in [0.25, 0.3) is 5.91 Å². The standard InChI is InChI=1S/C24H21FIN3O3/c1-27-23(30)20-17-13-18(26)22(28-12-11-14-5-3-4-6-19(14)31-2)29-24(17)32-21(20)15-7-9-16(25)10-8-15/h3-10,13H,11-12H2,1-2H3,(H,27,30)(H,28,29). The SMILES string of the molecule is CNC(=O)c1c(-c2ccc(F)cc2)oc2nc(NCCc3ccccc3OC)c(I)cc12. The summed E-state index contributed by atoms with van der Waals surface area (Å²) in [4.78, 5) is 17.3. The van der Waals surface area contributed by atoms with Crippen molar-refractivity contribution in [2.45, 2.75) is 6.42 Å². The molecule has 0 spiro atoms. The van der Waals surface area contributed by atoms with Crippen LogP contribution in [0, 0.1) is 9.39 Å². The number of benzene rings is 2. The first-order chi connectivity index (χ1) is 15.5. The molecule has 0 bridgehead atoms. The largest absolute Gasteiger partial charge is 0.496 e. The van der Waals surface area contributed by atoms with Crippen molar-refractivity contribution in [1.82, 2.24) is 10.3 Å². The van der Waals surface area contributed by atoms with E-state index in [1.165, 1.54) is 12.1 Å². The van der Waals surface area contributed by atoms with Crippen LogP contribution in [0.1, 0.15) is 15.9 Å². The van der Waals surface area contributed by atoms with Gasteiger partial charge >= 0.3 is 0 Å². The summed E-state index contributed by atoms with van der Waals surface area (Å²) in [6.45, 7) is 0.642. The number of methoxy groups -OCH3 is 1. The molecule has 0 aliphatic carbocycles. The Hall–Kier alpha value is -3.14. The maximum atomic E-state index is 13.4. The van der Waals surface area contributed by atoms with E-state index in [0.717, 1.165) is 21.3 Å². The second-order valence-corrected chi connectivity index (χ2v) is 8.21. The average molecular weight is 545 g/mol. The van der Waals surface area contributed by atoms with Crippen molar-refractivity contribution in [2.75, 3.05) is 26.0 Å². The van der Waals surface area contributed by atoms with Gasteiger partial charge in [0.1, 0.15) is 23.1 Å². The monoisotopic (exact) mass is 545 g/mol. The Balaban J connectivity index is 1.66. The van der Waals surface area contributed by atoms with Crippen LogP contribution in [-0.4, -0.2) is 31.6 Å². The van der Waals surface area contributed by atoms with E-state index in [4.69, 9.17) is 9.15 Å². The first-order valence-electron chi connectivity index (χ1n) is 9.98. The molecule has 2 aromatic carbocycles. The number of furan rings is 1. The molecule has 0 unspecified atom stereocenters. The summed E-state index contributed by atoms with van der Waals surface area (Å²) in [6, 6.07) is 15.6. The molecule has 0 saturated heterocycles. The van der Waals surface area contributed by atoms with E-state index >= 15 is 0 Å². The molecule has 2 N–H and O–H groups in total. The number of aromatic nitrogens is 1. The molecule has 164 valence electrons. The molecule has 0 atom stereocenters. The molecule has 2 aromatic heterocycles. The quantitative estimate of drug-likeness (QED) is 0.310. The number of carbonyl (C=O) groups is 1. The smallest absolute Gasteiger partial charge is 0.255 e. The number of amides is 1. The molecule has 32 heavy (non-hydrogen) atoms. The maximum absolute atomic E-state index is 13.4. The third-order valence-electron chi connectivity index (χ3n) is 5.08. The van der Waals surface area contributed by atoms with Gasteiger partial charge in [0.15, 0.2) is 0 Å².